The first-order valence-electron chi connectivity index (χ1n) is 5.94. The zero-order chi connectivity index (χ0) is 12.4. The van der Waals surface area contributed by atoms with Gasteiger partial charge in [-0.15, -0.1) is 0 Å². The SMILES string of the molecule is CCCCCCCC[C@@H](F)COS(C)(=O)=O. The van der Waals surface area contributed by atoms with Crippen molar-refractivity contribution in [1.82, 2.24) is 0 Å². The van der Waals surface area contributed by atoms with Crippen molar-refractivity contribution in [3.8, 4) is 0 Å². The lowest BCUT2D eigenvalue weighted by Crippen LogP contribution is -2.14. The quantitative estimate of drug-likeness (QED) is 0.444. The smallest absolute Gasteiger partial charge is 0.264 e. The largest absolute Gasteiger partial charge is 0.267 e. The van der Waals surface area contributed by atoms with E-state index in [2.05, 4.69) is 11.1 Å². The van der Waals surface area contributed by atoms with Gasteiger partial charge in [-0.25, -0.2) is 4.39 Å². The maximum Gasteiger partial charge on any atom is 0.264 e. The molecule has 0 aliphatic heterocycles. The van der Waals surface area contributed by atoms with Crippen molar-refractivity contribution in [2.75, 3.05) is 12.9 Å². The molecule has 0 aliphatic rings. The molecule has 0 aromatic carbocycles. The Labute approximate surface area is 98.5 Å². The molecule has 3 nitrogen and oxygen atoms in total. The minimum absolute atomic E-state index is 0.339. The van der Waals surface area contributed by atoms with E-state index in [9.17, 15) is 12.8 Å². The van der Waals surface area contributed by atoms with Crippen LogP contribution in [0.25, 0.3) is 0 Å². The summed E-state index contributed by atoms with van der Waals surface area (Å²) in [6, 6.07) is 0. The van der Waals surface area contributed by atoms with Gasteiger partial charge < -0.3 is 0 Å². The Morgan fingerprint density at radius 3 is 2.25 bits per heavy atom. The first kappa shape index (κ1) is 15.8. The molecule has 98 valence electrons. The third-order valence-corrected chi connectivity index (χ3v) is 2.90. The molecule has 0 saturated heterocycles. The Morgan fingerprint density at radius 2 is 1.69 bits per heavy atom. The molecular weight excluding hydrogens is 231 g/mol. The molecule has 0 heterocycles. The van der Waals surface area contributed by atoms with E-state index < -0.39 is 16.3 Å². The number of halogens is 1. The summed E-state index contributed by atoms with van der Waals surface area (Å²) >= 11 is 0. The van der Waals surface area contributed by atoms with Crippen molar-refractivity contribution in [3.05, 3.63) is 0 Å². The van der Waals surface area contributed by atoms with Gasteiger partial charge >= 0.3 is 0 Å². The molecule has 0 radical (unpaired) electrons. The Bertz CT molecular complexity index is 252. The van der Waals surface area contributed by atoms with Crippen molar-refractivity contribution in [2.45, 2.75) is 58.0 Å². The van der Waals surface area contributed by atoms with Crippen molar-refractivity contribution in [2.24, 2.45) is 0 Å². The van der Waals surface area contributed by atoms with Crippen LogP contribution in [0.5, 0.6) is 0 Å². The van der Waals surface area contributed by atoms with Gasteiger partial charge in [-0.2, -0.15) is 8.42 Å². The molecule has 0 aliphatic carbocycles. The average molecular weight is 254 g/mol. The summed E-state index contributed by atoms with van der Waals surface area (Å²) in [4.78, 5) is 0. The lowest BCUT2D eigenvalue weighted by atomic mass is 10.1. The van der Waals surface area contributed by atoms with Crippen molar-refractivity contribution in [1.29, 1.82) is 0 Å². The van der Waals surface area contributed by atoms with Gasteiger partial charge in [0.05, 0.1) is 12.9 Å². The fourth-order valence-electron chi connectivity index (χ4n) is 1.43. The Kier molecular flexibility index (Phi) is 8.84. The summed E-state index contributed by atoms with van der Waals surface area (Å²) < 4.78 is 38.7. The van der Waals surface area contributed by atoms with E-state index in [1.165, 1.54) is 19.3 Å². The zero-order valence-electron chi connectivity index (χ0n) is 10.2. The molecular formula is C11H23FO3S. The van der Waals surface area contributed by atoms with Gasteiger partial charge in [0.1, 0.15) is 6.17 Å². The Morgan fingerprint density at radius 1 is 1.12 bits per heavy atom. The van der Waals surface area contributed by atoms with Gasteiger partial charge in [-0.1, -0.05) is 45.4 Å². The predicted octanol–water partition coefficient (Wildman–Crippen LogP) is 3.05. The Balaban J connectivity index is 3.34. The van der Waals surface area contributed by atoms with Gasteiger partial charge in [-0.3, -0.25) is 4.18 Å². The molecule has 0 unspecified atom stereocenters. The maximum absolute atomic E-state index is 13.1. The van der Waals surface area contributed by atoms with Crippen molar-refractivity contribution >= 4 is 10.1 Å². The van der Waals surface area contributed by atoms with Crippen LogP contribution in [0.4, 0.5) is 4.39 Å². The van der Waals surface area contributed by atoms with Gasteiger partial charge in [0, 0.05) is 0 Å². The summed E-state index contributed by atoms with van der Waals surface area (Å²) in [5.41, 5.74) is 0. The zero-order valence-corrected chi connectivity index (χ0v) is 11.1. The fraction of sp³-hybridized carbons (Fsp3) is 1.00. The standard InChI is InChI=1S/C11H23FO3S/c1-3-4-5-6-7-8-9-11(12)10-15-16(2,13)14/h11H,3-10H2,1-2H3/t11-/m1/s1. The molecule has 0 aromatic heterocycles. The molecule has 0 amide bonds. The molecule has 5 heteroatoms. The van der Waals surface area contributed by atoms with Crippen LogP contribution in [-0.4, -0.2) is 27.5 Å². The molecule has 0 N–H and O–H groups in total. The first-order chi connectivity index (χ1) is 7.45. The van der Waals surface area contributed by atoms with E-state index in [1.54, 1.807) is 0 Å². The molecule has 16 heavy (non-hydrogen) atoms. The molecule has 0 bridgehead atoms. The Hall–Kier alpha value is -0.160. The minimum atomic E-state index is -3.50. The number of hydrogen-bond donors (Lipinski definition) is 0. The van der Waals surface area contributed by atoms with Crippen LogP contribution in [0.1, 0.15) is 51.9 Å². The third kappa shape index (κ3) is 11.9. The number of unbranched alkanes of at least 4 members (excludes halogenated alkanes) is 5. The molecule has 0 fully saturated rings. The highest BCUT2D eigenvalue weighted by Gasteiger charge is 2.10. The van der Waals surface area contributed by atoms with E-state index >= 15 is 0 Å². The van der Waals surface area contributed by atoms with Gasteiger partial charge in [0.25, 0.3) is 10.1 Å². The third-order valence-electron chi connectivity index (χ3n) is 2.33. The lowest BCUT2D eigenvalue weighted by molar-refractivity contribution is 0.189. The summed E-state index contributed by atoms with van der Waals surface area (Å²) in [6.45, 7) is 1.81. The summed E-state index contributed by atoms with van der Waals surface area (Å²) in [6.07, 6.45) is 6.75. The van der Waals surface area contributed by atoms with Crippen LogP contribution in [0.2, 0.25) is 0 Å². The number of alkyl halides is 1. The van der Waals surface area contributed by atoms with Gasteiger partial charge in [0.2, 0.25) is 0 Å². The second-order valence-corrected chi connectivity index (χ2v) is 5.79. The molecule has 0 rings (SSSR count). The lowest BCUT2D eigenvalue weighted by Gasteiger charge is -2.07. The van der Waals surface area contributed by atoms with Crippen LogP contribution >= 0.6 is 0 Å². The summed E-state index contributed by atoms with van der Waals surface area (Å²) in [5, 5.41) is 0. The first-order valence-corrected chi connectivity index (χ1v) is 7.76. The van der Waals surface area contributed by atoms with Crippen molar-refractivity contribution in [3.63, 3.8) is 0 Å². The van der Waals surface area contributed by atoms with Crippen LogP contribution in [-0.2, 0) is 14.3 Å². The van der Waals surface area contributed by atoms with Gasteiger partial charge in [-0.05, 0) is 6.42 Å². The maximum atomic E-state index is 13.1. The predicted molar refractivity (Wildman–Crippen MR) is 63.7 cm³/mol. The van der Waals surface area contributed by atoms with E-state index in [0.29, 0.717) is 6.42 Å². The number of rotatable bonds is 10. The monoisotopic (exact) mass is 254 g/mol. The van der Waals surface area contributed by atoms with Crippen LogP contribution in [0.3, 0.4) is 0 Å². The molecule has 1 atom stereocenters. The van der Waals surface area contributed by atoms with E-state index in [4.69, 9.17) is 0 Å². The fourth-order valence-corrected chi connectivity index (χ4v) is 1.82. The highest BCUT2D eigenvalue weighted by atomic mass is 32.2. The number of hydrogen-bond acceptors (Lipinski definition) is 3. The molecule has 0 aromatic rings. The van der Waals surface area contributed by atoms with Crippen LogP contribution < -0.4 is 0 Å². The second-order valence-electron chi connectivity index (χ2n) is 4.14. The van der Waals surface area contributed by atoms with E-state index in [-0.39, 0.29) is 6.61 Å². The second kappa shape index (κ2) is 8.93. The highest BCUT2D eigenvalue weighted by Crippen LogP contribution is 2.11. The van der Waals surface area contributed by atoms with E-state index in [0.717, 1.165) is 25.5 Å². The normalized spacial score (nSPS) is 13.9. The van der Waals surface area contributed by atoms with Gasteiger partial charge in [0.15, 0.2) is 0 Å². The minimum Gasteiger partial charge on any atom is -0.267 e. The van der Waals surface area contributed by atoms with Crippen molar-refractivity contribution < 1.29 is 17.0 Å². The van der Waals surface area contributed by atoms with Crippen LogP contribution in [0.15, 0.2) is 0 Å². The topological polar surface area (TPSA) is 43.4 Å². The molecule has 0 spiro atoms. The average Bonchev–Trinajstić information content (AvgIpc) is 2.19. The summed E-state index contributed by atoms with van der Waals surface area (Å²) in [5.74, 6) is 0. The highest BCUT2D eigenvalue weighted by molar-refractivity contribution is 7.85. The van der Waals surface area contributed by atoms with E-state index in [1.807, 2.05) is 0 Å². The molecule has 0 saturated carbocycles. The van der Waals surface area contributed by atoms with Crippen LogP contribution in [0, 0.1) is 0 Å². The summed E-state index contributed by atoms with van der Waals surface area (Å²) in [7, 11) is -3.50.